The molecule has 2 nitrogen and oxygen atoms in total. The van der Waals surface area contributed by atoms with Gasteiger partial charge in [-0.15, -0.1) is 12.3 Å². The zero-order valence-electron chi connectivity index (χ0n) is 8.20. The Morgan fingerprint density at radius 3 is 3.00 bits per heavy atom. The summed E-state index contributed by atoms with van der Waals surface area (Å²) in [7, 11) is 0. The van der Waals surface area contributed by atoms with Crippen LogP contribution in [0, 0.1) is 12.3 Å². The minimum Gasteiger partial charge on any atom is -0.307 e. The van der Waals surface area contributed by atoms with Crippen LogP contribution in [-0.2, 0) is 12.8 Å². The Balaban J connectivity index is 2.50. The Labute approximate surface area is 83.6 Å². The number of hydrogen-bond donors (Lipinski definition) is 0. The van der Waals surface area contributed by atoms with Gasteiger partial charge in [0.2, 0.25) is 0 Å². The summed E-state index contributed by atoms with van der Waals surface area (Å²) in [4.78, 5) is 4.40. The number of pyridine rings is 1. The predicted molar refractivity (Wildman–Crippen MR) is 57.1 cm³/mol. The standard InChI is InChI=1S/C12H12N2/c1-3-5-11-9-14-8-10(4-2)6-7-12(14)13-11/h1,6-9H,4-5H2,2H3. The quantitative estimate of drug-likeness (QED) is 0.653. The van der Waals surface area contributed by atoms with Crippen molar-refractivity contribution in [2.75, 3.05) is 0 Å². The molecule has 0 N–H and O–H groups in total. The zero-order valence-corrected chi connectivity index (χ0v) is 8.20. The fourth-order valence-electron chi connectivity index (χ4n) is 1.49. The molecule has 14 heavy (non-hydrogen) atoms. The SMILES string of the molecule is C#CCc1cn2cc(CC)ccc2n1. The van der Waals surface area contributed by atoms with Crippen LogP contribution in [0.5, 0.6) is 0 Å². The molecule has 2 rings (SSSR count). The van der Waals surface area contributed by atoms with Gasteiger partial charge in [0.15, 0.2) is 0 Å². The summed E-state index contributed by atoms with van der Waals surface area (Å²) >= 11 is 0. The minimum absolute atomic E-state index is 0.600. The summed E-state index contributed by atoms with van der Waals surface area (Å²) in [5.41, 5.74) is 3.23. The molecule has 0 aliphatic heterocycles. The third-order valence-electron chi connectivity index (χ3n) is 2.25. The Morgan fingerprint density at radius 2 is 2.29 bits per heavy atom. The van der Waals surface area contributed by atoms with Gasteiger partial charge in [0.1, 0.15) is 5.65 Å². The van der Waals surface area contributed by atoms with Gasteiger partial charge in [-0.05, 0) is 18.1 Å². The van der Waals surface area contributed by atoms with Gasteiger partial charge in [-0.25, -0.2) is 4.98 Å². The fourth-order valence-corrected chi connectivity index (χ4v) is 1.49. The van der Waals surface area contributed by atoms with Crippen LogP contribution in [0.4, 0.5) is 0 Å². The summed E-state index contributed by atoms with van der Waals surface area (Å²) in [5.74, 6) is 2.60. The maximum Gasteiger partial charge on any atom is 0.137 e. The zero-order chi connectivity index (χ0) is 9.97. The number of fused-ring (bicyclic) bond motifs is 1. The number of imidazole rings is 1. The van der Waals surface area contributed by atoms with E-state index in [0.29, 0.717) is 6.42 Å². The molecule has 0 bridgehead atoms. The number of nitrogens with zero attached hydrogens (tertiary/aromatic N) is 2. The first kappa shape index (κ1) is 8.83. The van der Waals surface area contributed by atoms with Crippen molar-refractivity contribution in [1.29, 1.82) is 0 Å². The van der Waals surface area contributed by atoms with Crippen LogP contribution < -0.4 is 0 Å². The van der Waals surface area contributed by atoms with Crippen LogP contribution in [0.2, 0.25) is 0 Å². The summed E-state index contributed by atoms with van der Waals surface area (Å²) in [6.45, 7) is 2.14. The van der Waals surface area contributed by atoms with Gasteiger partial charge in [0.05, 0.1) is 12.1 Å². The van der Waals surface area contributed by atoms with Gasteiger partial charge >= 0.3 is 0 Å². The van der Waals surface area contributed by atoms with E-state index < -0.39 is 0 Å². The summed E-state index contributed by atoms with van der Waals surface area (Å²) in [6.07, 6.45) is 11.0. The molecule has 0 spiro atoms. The van der Waals surface area contributed by atoms with E-state index in [9.17, 15) is 0 Å². The van der Waals surface area contributed by atoms with Gasteiger partial charge in [0, 0.05) is 12.4 Å². The molecule has 2 heteroatoms. The molecule has 0 saturated heterocycles. The molecule has 0 unspecified atom stereocenters. The smallest absolute Gasteiger partial charge is 0.137 e. The lowest BCUT2D eigenvalue weighted by molar-refractivity contribution is 1.07. The molecule has 2 aromatic rings. The Morgan fingerprint density at radius 1 is 1.43 bits per heavy atom. The molecule has 70 valence electrons. The molecule has 2 aromatic heterocycles. The van der Waals surface area contributed by atoms with Crippen LogP contribution in [0.1, 0.15) is 18.2 Å². The maximum atomic E-state index is 5.24. The largest absolute Gasteiger partial charge is 0.307 e. The lowest BCUT2D eigenvalue weighted by Crippen LogP contribution is -1.86. The highest BCUT2D eigenvalue weighted by molar-refractivity contribution is 5.41. The molecule has 0 radical (unpaired) electrons. The van der Waals surface area contributed by atoms with Crippen molar-refractivity contribution in [3.8, 4) is 12.3 Å². The van der Waals surface area contributed by atoms with Crippen molar-refractivity contribution < 1.29 is 0 Å². The summed E-state index contributed by atoms with van der Waals surface area (Å²) in [6, 6.07) is 4.13. The molecule has 2 heterocycles. The summed E-state index contributed by atoms with van der Waals surface area (Å²) in [5, 5.41) is 0. The van der Waals surface area contributed by atoms with Crippen molar-refractivity contribution in [3.63, 3.8) is 0 Å². The lowest BCUT2D eigenvalue weighted by atomic mass is 10.2. The topological polar surface area (TPSA) is 17.3 Å². The normalized spacial score (nSPS) is 10.3. The van der Waals surface area contributed by atoms with Gasteiger partial charge < -0.3 is 4.40 Å². The first-order valence-corrected chi connectivity index (χ1v) is 4.73. The highest BCUT2D eigenvalue weighted by Crippen LogP contribution is 2.08. The Kier molecular flexibility index (Phi) is 2.24. The average Bonchev–Trinajstić information content (AvgIpc) is 2.59. The molecular formula is C12H12N2. The van der Waals surface area contributed by atoms with E-state index in [4.69, 9.17) is 6.42 Å². The lowest BCUT2D eigenvalue weighted by Gasteiger charge is -1.96. The number of hydrogen-bond acceptors (Lipinski definition) is 1. The second-order valence-corrected chi connectivity index (χ2v) is 3.27. The van der Waals surface area contributed by atoms with E-state index in [1.54, 1.807) is 0 Å². The second kappa shape index (κ2) is 3.55. The molecule has 0 aliphatic rings. The van der Waals surface area contributed by atoms with E-state index >= 15 is 0 Å². The van der Waals surface area contributed by atoms with Crippen LogP contribution in [0.3, 0.4) is 0 Å². The average molecular weight is 184 g/mol. The molecule has 0 amide bonds. The Hall–Kier alpha value is -1.75. The predicted octanol–water partition coefficient (Wildman–Crippen LogP) is 2.07. The van der Waals surface area contributed by atoms with E-state index in [1.807, 2.05) is 16.7 Å². The van der Waals surface area contributed by atoms with Crippen molar-refractivity contribution in [1.82, 2.24) is 9.38 Å². The van der Waals surface area contributed by atoms with Crippen LogP contribution in [0.15, 0.2) is 24.5 Å². The van der Waals surface area contributed by atoms with E-state index in [-0.39, 0.29) is 0 Å². The molecule has 0 atom stereocenters. The number of terminal acetylenes is 1. The van der Waals surface area contributed by atoms with E-state index in [1.165, 1.54) is 5.56 Å². The van der Waals surface area contributed by atoms with Crippen molar-refractivity contribution in [2.24, 2.45) is 0 Å². The number of rotatable bonds is 2. The first-order chi connectivity index (χ1) is 6.83. The second-order valence-electron chi connectivity index (χ2n) is 3.27. The number of aromatic nitrogens is 2. The minimum atomic E-state index is 0.600. The highest BCUT2D eigenvalue weighted by atomic mass is 15.0. The van der Waals surface area contributed by atoms with Gasteiger partial charge in [-0.3, -0.25) is 0 Å². The first-order valence-electron chi connectivity index (χ1n) is 4.73. The van der Waals surface area contributed by atoms with Gasteiger partial charge in [-0.2, -0.15) is 0 Å². The fraction of sp³-hybridized carbons (Fsp3) is 0.250. The third-order valence-corrected chi connectivity index (χ3v) is 2.25. The third kappa shape index (κ3) is 1.49. The van der Waals surface area contributed by atoms with Crippen molar-refractivity contribution in [2.45, 2.75) is 19.8 Å². The monoisotopic (exact) mass is 184 g/mol. The molecule has 0 saturated carbocycles. The van der Waals surface area contributed by atoms with Crippen LogP contribution >= 0.6 is 0 Å². The van der Waals surface area contributed by atoms with Gasteiger partial charge in [-0.1, -0.05) is 13.0 Å². The number of aryl methyl sites for hydroxylation is 1. The van der Waals surface area contributed by atoms with Crippen molar-refractivity contribution in [3.05, 3.63) is 35.8 Å². The molecule has 0 aliphatic carbocycles. The van der Waals surface area contributed by atoms with E-state index in [2.05, 4.69) is 30.1 Å². The molecule has 0 fully saturated rings. The van der Waals surface area contributed by atoms with Crippen LogP contribution in [0.25, 0.3) is 5.65 Å². The van der Waals surface area contributed by atoms with E-state index in [0.717, 1.165) is 17.8 Å². The van der Waals surface area contributed by atoms with Crippen LogP contribution in [-0.4, -0.2) is 9.38 Å². The summed E-state index contributed by atoms with van der Waals surface area (Å²) < 4.78 is 2.03. The molecular weight excluding hydrogens is 172 g/mol. The highest BCUT2D eigenvalue weighted by Gasteiger charge is 2.00. The van der Waals surface area contributed by atoms with Crippen molar-refractivity contribution >= 4 is 5.65 Å². The Bertz CT molecular complexity index is 488. The van der Waals surface area contributed by atoms with Gasteiger partial charge in [0.25, 0.3) is 0 Å². The molecule has 0 aromatic carbocycles. The maximum absolute atomic E-state index is 5.24.